The zero-order chi connectivity index (χ0) is 106. The third-order valence-corrected chi connectivity index (χ3v) is 26.6. The number of urea groups is 5. The monoisotopic (exact) mass is 2020 g/mol. The number of amides is 20. The van der Waals surface area contributed by atoms with Gasteiger partial charge in [-0.3, -0.25) is 84.5 Å². The van der Waals surface area contributed by atoms with E-state index in [9.17, 15) is 89.5 Å². The Morgan fingerprint density at radius 3 is 1.07 bits per heavy atom. The van der Waals surface area contributed by atoms with Gasteiger partial charge in [-0.1, -0.05) is 123 Å². The van der Waals surface area contributed by atoms with E-state index < -0.39 is 105 Å². The maximum atomic E-state index is 13.5. The number of ether oxygens (including phenoxy) is 4. The van der Waals surface area contributed by atoms with Crippen molar-refractivity contribution in [2.24, 2.45) is 0 Å². The molecule has 20 amide bonds. The summed E-state index contributed by atoms with van der Waals surface area (Å²) in [5.41, 5.74) is 4.92. The predicted molar refractivity (Wildman–Crippen MR) is 533 cm³/mol. The van der Waals surface area contributed by atoms with E-state index in [1.807, 2.05) is 66.7 Å². The molecule has 0 spiro atoms. The van der Waals surface area contributed by atoms with Gasteiger partial charge in [-0.2, -0.15) is 0 Å². The van der Waals surface area contributed by atoms with Crippen molar-refractivity contribution in [1.82, 2.24) is 87.6 Å². The van der Waals surface area contributed by atoms with Gasteiger partial charge in [0.1, 0.15) is 51.8 Å². The molecule has 2 aromatic heterocycles. The number of halogens is 4. The lowest BCUT2D eigenvalue weighted by molar-refractivity contribution is -0.125. The van der Waals surface area contributed by atoms with E-state index in [4.69, 9.17) is 18.9 Å². The highest BCUT2D eigenvalue weighted by molar-refractivity contribution is 6.14. The second-order valence-electron chi connectivity index (χ2n) is 36.9. The summed E-state index contributed by atoms with van der Waals surface area (Å²) in [5, 5.41) is 25.4. The number of rotatable bonds is 26. The molecule has 10 N–H and O–H groups in total. The summed E-state index contributed by atoms with van der Waals surface area (Å²) in [5.74, 6) is -3.64. The van der Waals surface area contributed by atoms with Crippen LogP contribution in [0.5, 0.6) is 23.0 Å². The molecule has 40 heteroatoms. The lowest BCUT2D eigenvalue weighted by Gasteiger charge is -2.31. The minimum atomic E-state index is -1.42. The van der Waals surface area contributed by atoms with Gasteiger partial charge in [0.05, 0.1) is 66.7 Å². The Hall–Kier alpha value is -18.5. The van der Waals surface area contributed by atoms with Gasteiger partial charge in [0.2, 0.25) is 0 Å². The third kappa shape index (κ3) is 22.1. The van der Waals surface area contributed by atoms with E-state index >= 15 is 0 Å². The first-order valence-electron chi connectivity index (χ1n) is 46.9. The second-order valence-corrected chi connectivity index (χ2v) is 36.9. The molecule has 11 aromatic rings. The number of imide groups is 5. The number of nitrogens with one attached hydrogen (secondary N) is 10. The predicted octanol–water partition coefficient (Wildman–Crippen LogP) is 11.2. The summed E-state index contributed by atoms with van der Waals surface area (Å²) in [7, 11) is 6.11. The smallest absolute Gasteiger partial charge is 0.322 e. The molecule has 10 aliphatic rings. The maximum absolute atomic E-state index is 13.5. The molecule has 0 bridgehead atoms. The fourth-order valence-electron chi connectivity index (χ4n) is 18.7. The first-order valence-corrected chi connectivity index (χ1v) is 46.9. The number of carbonyl (C=O) groups excluding carboxylic acids is 15. The van der Waals surface area contributed by atoms with E-state index in [0.717, 1.165) is 55.9 Å². The highest BCUT2D eigenvalue weighted by atomic mass is 19.1. The molecule has 760 valence electrons. The molecule has 149 heavy (non-hydrogen) atoms. The van der Waals surface area contributed by atoms with Crippen LogP contribution in [0, 0.1) is 23.3 Å². The SMILES string of the molecule is COc1ccc2c(c1)C(=O)N(C[C@@]1(/C=C/c3ccc(F)cc3)NC(=O)NC1=O)C2.COc1ccc2c(c1)C(=O)N(C[C@@]1(/C=C/c3cccc(C(C)C)c3)NC(=O)NC1=O)C2.COc1ccc2c(c1)C(=O)N(C[C@@]1(/C=C\c3ccc4ncccc4c3)NC(=O)NC1=O)C2.COc1ccc2c(c1)C(=O)N(C[C@@]1(CCc3cc(F)cc(F)c3)NC(=O)NC1=O)C2.O=C1NC(=O)C(/C=C\c2cccnc2)(CN2Cc3ccc(F)cc3C2=O)N1. The Labute approximate surface area is 848 Å². The average Bonchev–Trinajstić information content (AvgIpc) is 1.65. The number of carbonyl (C=O) groups is 15. The van der Waals surface area contributed by atoms with Crippen LogP contribution in [0.2, 0.25) is 0 Å². The summed E-state index contributed by atoms with van der Waals surface area (Å²) in [6.07, 6.45) is 18.4. The topological polar surface area (TPSA) is 455 Å². The van der Waals surface area contributed by atoms with Crippen molar-refractivity contribution in [1.29, 1.82) is 0 Å². The van der Waals surface area contributed by atoms with Crippen LogP contribution in [-0.4, -0.2) is 213 Å². The second kappa shape index (κ2) is 42.4. The van der Waals surface area contributed by atoms with Gasteiger partial charge in [0, 0.05) is 90.6 Å². The Kier molecular flexibility index (Phi) is 29.0. The van der Waals surface area contributed by atoms with Crippen LogP contribution in [0.1, 0.15) is 139 Å². The van der Waals surface area contributed by atoms with Gasteiger partial charge in [-0.25, -0.2) is 41.5 Å². The van der Waals surface area contributed by atoms with Crippen LogP contribution in [0.4, 0.5) is 41.5 Å². The lowest BCUT2D eigenvalue weighted by Crippen LogP contribution is -2.55. The summed E-state index contributed by atoms with van der Waals surface area (Å²) in [6.45, 7) is 5.60. The fraction of sp³-hybridized carbons (Fsp3) is 0.220. The van der Waals surface area contributed by atoms with Gasteiger partial charge in [0.25, 0.3) is 59.1 Å². The molecule has 0 radical (unpaired) electrons. The van der Waals surface area contributed by atoms with Crippen molar-refractivity contribution in [3.05, 3.63) is 355 Å². The first kappa shape index (κ1) is 102. The zero-order valence-electron chi connectivity index (χ0n) is 80.9. The van der Waals surface area contributed by atoms with Gasteiger partial charge < -0.3 is 70.0 Å². The lowest BCUT2D eigenvalue weighted by atomic mass is 9.90. The molecule has 5 saturated heterocycles. The number of benzene rings is 9. The number of aryl methyl sites for hydroxylation is 1. The molecule has 5 fully saturated rings. The molecule has 12 heterocycles. The number of hydrogen-bond acceptors (Lipinski definition) is 21. The van der Waals surface area contributed by atoms with E-state index in [0.29, 0.717) is 87.5 Å². The van der Waals surface area contributed by atoms with Crippen LogP contribution in [-0.2, 0) is 63.1 Å². The van der Waals surface area contributed by atoms with Crippen molar-refractivity contribution in [2.45, 2.75) is 93.0 Å². The summed E-state index contributed by atoms with van der Waals surface area (Å²) in [4.78, 5) is 203. The van der Waals surface area contributed by atoms with E-state index in [-0.39, 0.29) is 99.6 Å². The van der Waals surface area contributed by atoms with Crippen LogP contribution >= 0.6 is 0 Å². The molecule has 9 aromatic carbocycles. The first-order chi connectivity index (χ1) is 71.4. The Balaban J connectivity index is 0.000000127. The summed E-state index contributed by atoms with van der Waals surface area (Å²) >= 11 is 0. The van der Waals surface area contributed by atoms with Gasteiger partial charge >= 0.3 is 30.2 Å². The number of nitrogens with zero attached hydrogens (tertiary/aromatic N) is 7. The van der Waals surface area contributed by atoms with Crippen molar-refractivity contribution in [2.75, 3.05) is 61.2 Å². The number of pyridine rings is 2. The van der Waals surface area contributed by atoms with Crippen molar-refractivity contribution >= 4 is 124 Å². The fourth-order valence-corrected chi connectivity index (χ4v) is 18.7. The van der Waals surface area contributed by atoms with Crippen molar-refractivity contribution < 1.29 is 108 Å². The highest BCUT2D eigenvalue weighted by Gasteiger charge is 2.54. The van der Waals surface area contributed by atoms with Crippen LogP contribution in [0.3, 0.4) is 0 Å². The van der Waals surface area contributed by atoms with Crippen LogP contribution in [0.25, 0.3) is 35.2 Å². The average molecular weight is 2030 g/mol. The number of aromatic nitrogens is 2. The van der Waals surface area contributed by atoms with Crippen molar-refractivity contribution in [3.63, 3.8) is 0 Å². The molecular formula is C109H97F4N17O19. The molecule has 5 atom stereocenters. The Morgan fingerprint density at radius 2 is 0.691 bits per heavy atom. The van der Waals surface area contributed by atoms with Gasteiger partial charge in [0.15, 0.2) is 22.2 Å². The number of fused-ring (bicyclic) bond motifs is 6. The normalized spacial score (nSPS) is 20.6. The molecule has 36 nitrogen and oxygen atoms in total. The molecule has 21 rings (SSSR count). The molecule has 1 unspecified atom stereocenters. The third-order valence-electron chi connectivity index (χ3n) is 26.6. The van der Waals surface area contributed by atoms with Crippen molar-refractivity contribution in [3.8, 4) is 23.0 Å². The largest absolute Gasteiger partial charge is 0.497 e. The van der Waals surface area contributed by atoms with E-state index in [1.54, 1.807) is 170 Å². The molecule has 10 aliphatic heterocycles. The molecule has 0 aliphatic carbocycles. The maximum Gasteiger partial charge on any atom is 0.322 e. The molecule has 0 saturated carbocycles. The Morgan fingerprint density at radius 1 is 0.336 bits per heavy atom. The van der Waals surface area contributed by atoms with E-state index in [1.165, 1.54) is 77.0 Å². The number of hydrogen-bond donors (Lipinski definition) is 10. The standard InChI is InChI=1S/C24H20N4O4.C24H25N3O4.C21H19F2N3O4.C21H18FN3O4.C19H15FN4O3/c1-32-18-6-5-17-13-28(21(29)19(17)12-18)14-24(22(30)26-23(31)27-24)9-8-15-4-7-20-16(11-15)3-2-10-25-20;1-15(2)17-6-4-5-16(11-17)9-10-24(22(29)25-23(30)26-24)14-27-13-18-7-8-19(31-3)12-20(18)21(27)28;1-30-16-3-2-13-10-26(18(27)17(13)9-16)11-21(19(28)24-20(29)25-21)5-4-12-6-14(22)8-15(23)7-12;1-29-16-7-4-14-11-25(18(26)17(14)10-16)12-21(19(27)23-20(28)24-21)9-8-13-2-5-15(22)6-3-13;20-14-4-3-13-10-24(16(25)15(13)8-14)11-19(17(26)22-18(27)23-19)6-5-12-2-1-7-21-9-12/h2-12H,13-14H2,1H3,(H2,26,27,30,31);4-12,15H,13-14H2,1-3H3,(H2,25,26,29,30);2-3,6-9H,4-5,10-11H2,1H3,(H2,24,25,28,29);2-10H,11-12H2,1H3,(H2,23,24,27,28);1-9H,10-11H2,(H2,22,23,26,27)/b9-8-;10-9+;;9-8+;6-5-/t2*24-;2*21-;/m1111./s1. The highest BCUT2D eigenvalue weighted by Crippen LogP contribution is 2.38. The quantitative estimate of drug-likeness (QED) is 0.0178. The number of methoxy groups -OCH3 is 4. The van der Waals surface area contributed by atoms with Crippen LogP contribution in [0.15, 0.2) is 243 Å². The minimum absolute atomic E-state index is 0.00599. The summed E-state index contributed by atoms with van der Waals surface area (Å²) in [6, 6.07) is 51.9. The minimum Gasteiger partial charge on any atom is -0.497 e. The van der Waals surface area contributed by atoms with Gasteiger partial charge in [-0.05, 0) is 213 Å². The summed E-state index contributed by atoms with van der Waals surface area (Å²) < 4.78 is 74.3. The molecular weight excluding hydrogens is 1930 g/mol. The Bertz CT molecular complexity index is 7460. The van der Waals surface area contributed by atoms with E-state index in [2.05, 4.69) is 83.0 Å². The zero-order valence-corrected chi connectivity index (χ0v) is 80.9. The van der Waals surface area contributed by atoms with Gasteiger partial charge in [-0.15, -0.1) is 0 Å². The van der Waals surface area contributed by atoms with Crippen LogP contribution < -0.4 is 72.1 Å².